The number of benzene rings is 3. The van der Waals surface area contributed by atoms with E-state index in [9.17, 15) is 0 Å². The lowest BCUT2D eigenvalue weighted by molar-refractivity contribution is 0.578. The summed E-state index contributed by atoms with van der Waals surface area (Å²) in [4.78, 5) is 3.26. The van der Waals surface area contributed by atoms with Crippen LogP contribution in [-0.2, 0) is 7.05 Å². The van der Waals surface area contributed by atoms with Crippen LogP contribution in [-0.4, -0.2) is 9.55 Å². The number of rotatable bonds is 0. The minimum atomic E-state index is 0.972. The van der Waals surface area contributed by atoms with E-state index in [1.54, 1.807) is 0 Å². The van der Waals surface area contributed by atoms with Crippen LogP contribution in [0.15, 0.2) is 95.4 Å². The molecular weight excluding hydrogens is 380 g/mol. The fourth-order valence-corrected chi connectivity index (χ4v) is 3.76. The quantitative estimate of drug-likeness (QED) is 0.274. The lowest BCUT2D eigenvalue weighted by Gasteiger charge is -1.96. The van der Waals surface area contributed by atoms with Crippen molar-refractivity contribution in [3.63, 3.8) is 0 Å². The summed E-state index contributed by atoms with van der Waals surface area (Å²) >= 11 is 0. The standard InChI is InChI=1S/C10H11N.C9H9N.C9H8O/c1-8-7-9-5-3-4-6-10(9)11(8)2;2*1-7-6-8-4-2-3-5-9(8)10-7/h3-7H,1-2H3;2-6,10H,1H3;2-6H,1H3. The Morgan fingerprint density at radius 3 is 2.03 bits per heavy atom. The van der Waals surface area contributed by atoms with E-state index in [0.717, 1.165) is 11.3 Å². The Bertz CT molecular complexity index is 1290. The molecule has 0 saturated carbocycles. The van der Waals surface area contributed by atoms with Crippen LogP contribution in [0.1, 0.15) is 17.1 Å². The lowest BCUT2D eigenvalue weighted by atomic mass is 10.2. The van der Waals surface area contributed by atoms with Crippen molar-refractivity contribution in [3.8, 4) is 0 Å². The van der Waals surface area contributed by atoms with Gasteiger partial charge in [0.1, 0.15) is 11.3 Å². The highest BCUT2D eigenvalue weighted by atomic mass is 16.3. The number of H-pyrrole nitrogens is 1. The third-order valence-electron chi connectivity index (χ3n) is 5.40. The Labute approximate surface area is 182 Å². The number of nitrogens with zero attached hydrogens (tertiary/aromatic N) is 1. The normalized spacial score (nSPS) is 10.6. The molecule has 3 heterocycles. The molecule has 156 valence electrons. The number of hydrogen-bond acceptors (Lipinski definition) is 1. The number of aromatic amines is 1. The minimum Gasteiger partial charge on any atom is -0.461 e. The Kier molecular flexibility index (Phi) is 5.94. The fraction of sp³-hybridized carbons (Fsp3) is 0.143. The van der Waals surface area contributed by atoms with Crippen molar-refractivity contribution in [2.75, 3.05) is 0 Å². The summed E-state index contributed by atoms with van der Waals surface area (Å²) in [6, 6.07) is 31.1. The maximum atomic E-state index is 5.37. The molecule has 0 spiro atoms. The number of aromatic nitrogens is 2. The first kappa shape index (κ1) is 20.5. The van der Waals surface area contributed by atoms with Gasteiger partial charge in [0, 0.05) is 34.9 Å². The van der Waals surface area contributed by atoms with E-state index in [0.29, 0.717) is 0 Å². The highest BCUT2D eigenvalue weighted by Crippen LogP contribution is 2.18. The second kappa shape index (κ2) is 8.97. The number of para-hydroxylation sites is 3. The molecule has 3 heteroatoms. The predicted octanol–water partition coefficient (Wildman–Crippen LogP) is 7.70. The summed E-state index contributed by atoms with van der Waals surface area (Å²) in [6.07, 6.45) is 0. The van der Waals surface area contributed by atoms with Crippen molar-refractivity contribution in [3.05, 3.63) is 108 Å². The van der Waals surface area contributed by atoms with E-state index in [1.165, 1.54) is 38.6 Å². The average Bonchev–Trinajstić information content (AvgIpc) is 3.42. The van der Waals surface area contributed by atoms with E-state index < -0.39 is 0 Å². The number of hydrogen-bond donors (Lipinski definition) is 1. The second-order valence-electron chi connectivity index (χ2n) is 7.84. The Morgan fingerprint density at radius 1 is 0.677 bits per heavy atom. The summed E-state index contributed by atoms with van der Waals surface area (Å²) in [5, 5.41) is 3.80. The second-order valence-corrected chi connectivity index (χ2v) is 7.84. The van der Waals surface area contributed by atoms with E-state index in [2.05, 4.69) is 85.0 Å². The molecule has 0 unspecified atom stereocenters. The zero-order valence-corrected chi connectivity index (χ0v) is 18.5. The lowest BCUT2D eigenvalue weighted by Crippen LogP contribution is -1.88. The molecule has 0 aliphatic rings. The van der Waals surface area contributed by atoms with Crippen LogP contribution < -0.4 is 0 Å². The molecule has 1 N–H and O–H groups in total. The van der Waals surface area contributed by atoms with E-state index in [4.69, 9.17) is 4.42 Å². The molecule has 6 rings (SSSR count). The van der Waals surface area contributed by atoms with Crippen LogP contribution in [0.4, 0.5) is 0 Å². The maximum absolute atomic E-state index is 5.37. The first-order valence-corrected chi connectivity index (χ1v) is 10.5. The first-order valence-electron chi connectivity index (χ1n) is 10.5. The number of aryl methyl sites for hydroxylation is 4. The predicted molar refractivity (Wildman–Crippen MR) is 132 cm³/mol. The van der Waals surface area contributed by atoms with Crippen LogP contribution in [0.25, 0.3) is 32.8 Å². The molecule has 3 aromatic carbocycles. The van der Waals surface area contributed by atoms with Crippen molar-refractivity contribution in [2.24, 2.45) is 7.05 Å². The minimum absolute atomic E-state index is 0.972. The third-order valence-corrected chi connectivity index (χ3v) is 5.40. The highest BCUT2D eigenvalue weighted by molar-refractivity contribution is 5.81. The van der Waals surface area contributed by atoms with Gasteiger partial charge >= 0.3 is 0 Å². The molecule has 0 bridgehead atoms. The zero-order chi connectivity index (χ0) is 21.8. The molecule has 3 aromatic heterocycles. The molecule has 0 radical (unpaired) electrons. The van der Waals surface area contributed by atoms with Gasteiger partial charge in [-0.25, -0.2) is 0 Å². The van der Waals surface area contributed by atoms with E-state index in [1.807, 2.05) is 43.3 Å². The molecule has 0 saturated heterocycles. The number of nitrogens with one attached hydrogen (secondary N) is 1. The van der Waals surface area contributed by atoms with Gasteiger partial charge in [0.25, 0.3) is 0 Å². The van der Waals surface area contributed by atoms with Crippen LogP contribution in [0, 0.1) is 20.8 Å². The van der Waals surface area contributed by atoms with Gasteiger partial charge < -0.3 is 14.0 Å². The number of furan rings is 1. The fourth-order valence-electron chi connectivity index (χ4n) is 3.76. The van der Waals surface area contributed by atoms with Crippen molar-refractivity contribution >= 4 is 32.8 Å². The molecule has 0 aliphatic carbocycles. The summed E-state index contributed by atoms with van der Waals surface area (Å²) < 4.78 is 7.57. The maximum Gasteiger partial charge on any atom is 0.134 e. The molecule has 0 aliphatic heterocycles. The average molecular weight is 409 g/mol. The molecule has 31 heavy (non-hydrogen) atoms. The summed E-state index contributed by atoms with van der Waals surface area (Å²) in [5.41, 5.74) is 6.04. The van der Waals surface area contributed by atoms with Gasteiger partial charge in [0.2, 0.25) is 0 Å². The monoisotopic (exact) mass is 408 g/mol. The Morgan fingerprint density at radius 2 is 1.32 bits per heavy atom. The summed E-state index contributed by atoms with van der Waals surface area (Å²) in [5.74, 6) is 0.973. The molecule has 0 amide bonds. The van der Waals surface area contributed by atoms with Gasteiger partial charge in [0.05, 0.1) is 0 Å². The Balaban J connectivity index is 0.000000112. The van der Waals surface area contributed by atoms with Crippen molar-refractivity contribution in [2.45, 2.75) is 20.8 Å². The molecule has 0 atom stereocenters. The third kappa shape index (κ3) is 4.72. The van der Waals surface area contributed by atoms with Gasteiger partial charge in [0.15, 0.2) is 0 Å². The zero-order valence-electron chi connectivity index (χ0n) is 18.5. The molecule has 0 fully saturated rings. The van der Waals surface area contributed by atoms with Gasteiger partial charge in [-0.2, -0.15) is 0 Å². The van der Waals surface area contributed by atoms with Crippen LogP contribution in [0.5, 0.6) is 0 Å². The van der Waals surface area contributed by atoms with Crippen LogP contribution in [0.2, 0.25) is 0 Å². The van der Waals surface area contributed by atoms with E-state index >= 15 is 0 Å². The SMILES string of the molecule is Cc1cc2ccccc2[nH]1.Cc1cc2ccccc2n1C.Cc1cc2ccccc2o1. The largest absolute Gasteiger partial charge is 0.461 e. The van der Waals surface area contributed by atoms with Crippen molar-refractivity contribution in [1.82, 2.24) is 9.55 Å². The van der Waals surface area contributed by atoms with Gasteiger partial charge in [-0.15, -0.1) is 0 Å². The van der Waals surface area contributed by atoms with Gasteiger partial charge in [-0.1, -0.05) is 54.6 Å². The first-order chi connectivity index (χ1) is 15.0. The van der Waals surface area contributed by atoms with E-state index in [-0.39, 0.29) is 0 Å². The Hall–Kier alpha value is -3.72. The summed E-state index contributed by atoms with van der Waals surface area (Å²) in [6.45, 7) is 6.15. The van der Waals surface area contributed by atoms with Crippen LogP contribution >= 0.6 is 0 Å². The topological polar surface area (TPSA) is 33.9 Å². The van der Waals surface area contributed by atoms with Crippen molar-refractivity contribution < 1.29 is 4.42 Å². The highest BCUT2D eigenvalue weighted by Gasteiger charge is 1.98. The smallest absolute Gasteiger partial charge is 0.134 e. The molecule has 6 aromatic rings. The molecular formula is C28H28N2O. The number of fused-ring (bicyclic) bond motifs is 3. The molecule has 3 nitrogen and oxygen atoms in total. The van der Waals surface area contributed by atoms with Crippen LogP contribution in [0.3, 0.4) is 0 Å². The van der Waals surface area contributed by atoms with Gasteiger partial charge in [-0.05, 0) is 67.9 Å². The van der Waals surface area contributed by atoms with Crippen molar-refractivity contribution in [1.29, 1.82) is 0 Å². The summed E-state index contributed by atoms with van der Waals surface area (Å²) in [7, 11) is 2.09. The van der Waals surface area contributed by atoms with Gasteiger partial charge in [-0.3, -0.25) is 0 Å².